The third-order valence-corrected chi connectivity index (χ3v) is 5.69. The summed E-state index contributed by atoms with van der Waals surface area (Å²) in [5.41, 5.74) is 1.26. The van der Waals surface area contributed by atoms with Gasteiger partial charge in [0.05, 0.1) is 0 Å². The van der Waals surface area contributed by atoms with Crippen LogP contribution in [0.15, 0.2) is 23.3 Å². The smallest absolute Gasteiger partial charge is 0.193 e. The molecule has 1 unspecified atom stereocenters. The molecule has 27 heavy (non-hydrogen) atoms. The van der Waals surface area contributed by atoms with Crippen LogP contribution in [0, 0.1) is 11.8 Å². The predicted molar refractivity (Wildman–Crippen MR) is 113 cm³/mol. The summed E-state index contributed by atoms with van der Waals surface area (Å²) in [6, 6.07) is 4.32. The molecule has 2 aliphatic rings. The van der Waals surface area contributed by atoms with E-state index in [0.29, 0.717) is 0 Å². The second-order valence-corrected chi connectivity index (χ2v) is 8.44. The maximum Gasteiger partial charge on any atom is 0.193 e. The van der Waals surface area contributed by atoms with Crippen LogP contribution in [-0.4, -0.2) is 74.1 Å². The highest BCUT2D eigenvalue weighted by Crippen LogP contribution is 2.23. The van der Waals surface area contributed by atoms with Gasteiger partial charge in [-0.25, -0.2) is 4.98 Å². The van der Waals surface area contributed by atoms with E-state index in [-0.39, 0.29) is 0 Å². The molecule has 2 saturated heterocycles. The van der Waals surface area contributed by atoms with E-state index in [2.05, 4.69) is 63.0 Å². The first-order valence-electron chi connectivity index (χ1n) is 10.4. The molecular weight excluding hydrogens is 336 g/mol. The molecule has 0 spiro atoms. The van der Waals surface area contributed by atoms with Gasteiger partial charge in [-0.1, -0.05) is 13.8 Å². The highest BCUT2D eigenvalue weighted by Gasteiger charge is 2.25. The number of hydrogen-bond acceptors (Lipinski definition) is 4. The summed E-state index contributed by atoms with van der Waals surface area (Å²) in [7, 11) is 4.07. The monoisotopic (exact) mass is 372 g/mol. The van der Waals surface area contributed by atoms with E-state index in [0.717, 1.165) is 69.4 Å². The molecule has 1 N–H and O–H groups in total. The number of pyridine rings is 1. The molecule has 150 valence electrons. The van der Waals surface area contributed by atoms with Crippen molar-refractivity contribution in [3.63, 3.8) is 0 Å². The van der Waals surface area contributed by atoms with Gasteiger partial charge in [-0.15, -0.1) is 0 Å². The standard InChI is InChI=1S/C21H36N6/c1-17(2)13-19-6-8-27(16-19)21(22-3)24-15-18-5-7-23-20(14-18)26-11-9-25(4)10-12-26/h5,7,14,17,19H,6,8-13,15-16H2,1-4H3,(H,22,24). The SMILES string of the molecule is CN=C(NCc1ccnc(N2CCN(C)CC2)c1)N1CCC(CC(C)C)C1. The Labute approximate surface area is 164 Å². The Hall–Kier alpha value is -1.82. The quantitative estimate of drug-likeness (QED) is 0.635. The Morgan fingerprint density at radius 3 is 2.74 bits per heavy atom. The average Bonchev–Trinajstić information content (AvgIpc) is 3.10. The van der Waals surface area contributed by atoms with Gasteiger partial charge in [0, 0.05) is 59.1 Å². The fourth-order valence-electron chi connectivity index (χ4n) is 4.18. The van der Waals surface area contributed by atoms with Crippen molar-refractivity contribution in [1.82, 2.24) is 20.1 Å². The van der Waals surface area contributed by atoms with Crippen LogP contribution in [0.2, 0.25) is 0 Å². The molecule has 3 heterocycles. The van der Waals surface area contributed by atoms with Gasteiger partial charge in [0.25, 0.3) is 0 Å². The summed E-state index contributed by atoms with van der Waals surface area (Å²) in [5.74, 6) is 3.69. The molecule has 0 radical (unpaired) electrons. The summed E-state index contributed by atoms with van der Waals surface area (Å²) < 4.78 is 0. The normalized spacial score (nSPS) is 22.0. The van der Waals surface area contributed by atoms with Crippen molar-refractivity contribution in [2.24, 2.45) is 16.8 Å². The number of likely N-dealkylation sites (N-methyl/N-ethyl adjacent to an activating group) is 1. The number of piperazine rings is 1. The number of likely N-dealkylation sites (tertiary alicyclic amines) is 1. The molecule has 2 aliphatic heterocycles. The van der Waals surface area contributed by atoms with Crippen molar-refractivity contribution in [2.45, 2.75) is 33.2 Å². The van der Waals surface area contributed by atoms with Crippen LogP contribution in [0.5, 0.6) is 0 Å². The van der Waals surface area contributed by atoms with Crippen molar-refractivity contribution >= 4 is 11.8 Å². The van der Waals surface area contributed by atoms with Gasteiger partial charge in [0.1, 0.15) is 5.82 Å². The first kappa shape index (κ1) is 19.9. The van der Waals surface area contributed by atoms with E-state index in [1.165, 1.54) is 18.4 Å². The van der Waals surface area contributed by atoms with Gasteiger partial charge in [-0.3, -0.25) is 4.99 Å². The second kappa shape index (κ2) is 9.40. The number of aliphatic imine (C=N–C) groups is 1. The van der Waals surface area contributed by atoms with Crippen molar-refractivity contribution in [3.05, 3.63) is 23.9 Å². The average molecular weight is 373 g/mol. The minimum Gasteiger partial charge on any atom is -0.354 e. The maximum absolute atomic E-state index is 4.59. The third-order valence-electron chi connectivity index (χ3n) is 5.69. The Bertz CT molecular complexity index is 621. The summed E-state index contributed by atoms with van der Waals surface area (Å²) in [5, 5.41) is 3.56. The lowest BCUT2D eigenvalue weighted by atomic mass is 9.97. The molecule has 0 aliphatic carbocycles. The number of guanidine groups is 1. The van der Waals surface area contributed by atoms with Crippen LogP contribution in [0.3, 0.4) is 0 Å². The molecular formula is C21H36N6. The van der Waals surface area contributed by atoms with Crippen molar-refractivity contribution in [3.8, 4) is 0 Å². The molecule has 1 aromatic heterocycles. The Balaban J connectivity index is 1.54. The van der Waals surface area contributed by atoms with Crippen molar-refractivity contribution in [2.75, 3.05) is 58.3 Å². The zero-order valence-electron chi connectivity index (χ0n) is 17.5. The Morgan fingerprint density at radius 2 is 2.04 bits per heavy atom. The highest BCUT2D eigenvalue weighted by molar-refractivity contribution is 5.80. The van der Waals surface area contributed by atoms with Gasteiger partial charge < -0.3 is 20.0 Å². The molecule has 1 atom stereocenters. The van der Waals surface area contributed by atoms with Crippen LogP contribution in [0.25, 0.3) is 0 Å². The van der Waals surface area contributed by atoms with Gasteiger partial charge in [0.15, 0.2) is 5.96 Å². The number of anilines is 1. The summed E-state index contributed by atoms with van der Waals surface area (Å²) in [6.45, 7) is 12.0. The van der Waals surface area contributed by atoms with E-state index in [9.17, 15) is 0 Å². The van der Waals surface area contributed by atoms with Gasteiger partial charge in [0.2, 0.25) is 0 Å². The molecule has 2 fully saturated rings. The second-order valence-electron chi connectivity index (χ2n) is 8.44. The Kier molecular flexibility index (Phi) is 6.94. The van der Waals surface area contributed by atoms with E-state index in [1.54, 1.807) is 0 Å². The summed E-state index contributed by atoms with van der Waals surface area (Å²) >= 11 is 0. The third kappa shape index (κ3) is 5.58. The van der Waals surface area contributed by atoms with Crippen LogP contribution in [-0.2, 0) is 6.54 Å². The van der Waals surface area contributed by atoms with E-state index < -0.39 is 0 Å². The predicted octanol–water partition coefficient (Wildman–Crippen LogP) is 2.28. The lowest BCUT2D eigenvalue weighted by molar-refractivity contribution is 0.312. The minimum absolute atomic E-state index is 0.773. The molecule has 0 amide bonds. The molecule has 0 aromatic carbocycles. The maximum atomic E-state index is 4.59. The number of hydrogen-bond donors (Lipinski definition) is 1. The minimum atomic E-state index is 0.773. The van der Waals surface area contributed by atoms with Gasteiger partial charge >= 0.3 is 0 Å². The number of rotatable bonds is 5. The number of nitrogens with one attached hydrogen (secondary N) is 1. The van der Waals surface area contributed by atoms with Crippen molar-refractivity contribution < 1.29 is 0 Å². The first-order valence-corrected chi connectivity index (χ1v) is 10.4. The summed E-state index contributed by atoms with van der Waals surface area (Å²) in [4.78, 5) is 16.3. The fraction of sp³-hybridized carbons (Fsp3) is 0.714. The molecule has 0 bridgehead atoms. The molecule has 0 saturated carbocycles. The molecule has 6 heteroatoms. The zero-order valence-corrected chi connectivity index (χ0v) is 17.5. The zero-order chi connectivity index (χ0) is 19.2. The van der Waals surface area contributed by atoms with Crippen LogP contribution < -0.4 is 10.2 Å². The lowest BCUT2D eigenvalue weighted by Crippen LogP contribution is -2.44. The molecule has 6 nitrogen and oxygen atoms in total. The largest absolute Gasteiger partial charge is 0.354 e. The topological polar surface area (TPSA) is 47.0 Å². The van der Waals surface area contributed by atoms with Crippen LogP contribution in [0.1, 0.15) is 32.3 Å². The fourth-order valence-corrected chi connectivity index (χ4v) is 4.18. The van der Waals surface area contributed by atoms with E-state index >= 15 is 0 Å². The first-order chi connectivity index (χ1) is 13.0. The highest BCUT2D eigenvalue weighted by atomic mass is 15.3. The lowest BCUT2D eigenvalue weighted by Gasteiger charge is -2.33. The number of nitrogens with zero attached hydrogens (tertiary/aromatic N) is 5. The van der Waals surface area contributed by atoms with Crippen LogP contribution >= 0.6 is 0 Å². The van der Waals surface area contributed by atoms with Gasteiger partial charge in [-0.05, 0) is 49.4 Å². The van der Waals surface area contributed by atoms with Crippen LogP contribution in [0.4, 0.5) is 5.82 Å². The van der Waals surface area contributed by atoms with E-state index in [1.807, 2.05) is 13.2 Å². The Morgan fingerprint density at radius 1 is 1.26 bits per heavy atom. The molecule has 1 aromatic rings. The number of aromatic nitrogens is 1. The van der Waals surface area contributed by atoms with Gasteiger partial charge in [-0.2, -0.15) is 0 Å². The molecule has 3 rings (SSSR count). The van der Waals surface area contributed by atoms with E-state index in [4.69, 9.17) is 0 Å². The summed E-state index contributed by atoms with van der Waals surface area (Å²) in [6.07, 6.45) is 4.52. The van der Waals surface area contributed by atoms with Crippen molar-refractivity contribution in [1.29, 1.82) is 0 Å².